The van der Waals surface area contributed by atoms with Gasteiger partial charge in [0.15, 0.2) is 0 Å². The molecule has 0 heterocycles. The van der Waals surface area contributed by atoms with Gasteiger partial charge in [-0.25, -0.2) is 0 Å². The lowest BCUT2D eigenvalue weighted by molar-refractivity contribution is -0.274. The lowest BCUT2D eigenvalue weighted by Crippen LogP contribution is -2.17. The lowest BCUT2D eigenvalue weighted by atomic mass is 10.3. The first-order valence-corrected chi connectivity index (χ1v) is 3.28. The maximum atomic E-state index is 11.6. The fourth-order valence-electron chi connectivity index (χ4n) is 0.599. The van der Waals surface area contributed by atoms with E-state index in [2.05, 4.69) is 10.8 Å². The molecular weight excluding hydrogens is 193 g/mol. The monoisotopic (exact) mass is 195 g/mol. The molecule has 1 nitrogen and oxygen atoms in total. The van der Waals surface area contributed by atoms with Gasteiger partial charge in [0, 0.05) is 0 Å². The molecule has 0 atom stereocenters. The van der Waals surface area contributed by atoms with E-state index in [1.54, 1.807) is 0 Å². The topological polar surface area (TPSA) is 9.23 Å². The molecule has 0 aliphatic rings. The standard InChI is InChI=1S/C7H3ClF3O/c8-5-3-1-2-4-6(5)12-7(9,10)11/h1,3-4H. The van der Waals surface area contributed by atoms with E-state index in [-0.39, 0.29) is 5.02 Å². The van der Waals surface area contributed by atoms with Crippen molar-refractivity contribution in [1.29, 1.82) is 0 Å². The molecule has 0 saturated heterocycles. The number of alkyl halides is 3. The molecule has 0 bridgehead atoms. The minimum atomic E-state index is -4.71. The summed E-state index contributed by atoms with van der Waals surface area (Å²) in [6, 6.07) is 6.10. The van der Waals surface area contributed by atoms with Crippen molar-refractivity contribution in [2.45, 2.75) is 6.36 Å². The first kappa shape index (κ1) is 9.19. The Hall–Kier alpha value is -0.900. The van der Waals surface area contributed by atoms with Crippen LogP contribution in [0.4, 0.5) is 13.2 Å². The number of rotatable bonds is 1. The highest BCUT2D eigenvalue weighted by atomic mass is 35.5. The van der Waals surface area contributed by atoms with E-state index in [1.165, 1.54) is 12.1 Å². The fourth-order valence-corrected chi connectivity index (χ4v) is 0.755. The second-order valence-corrected chi connectivity index (χ2v) is 2.31. The van der Waals surface area contributed by atoms with E-state index < -0.39 is 12.1 Å². The van der Waals surface area contributed by atoms with Crippen LogP contribution >= 0.6 is 11.6 Å². The Bertz CT molecular complexity index is 272. The molecule has 1 aromatic rings. The molecule has 0 aliphatic carbocycles. The van der Waals surface area contributed by atoms with Gasteiger partial charge in [-0.1, -0.05) is 17.7 Å². The molecule has 0 unspecified atom stereocenters. The molecule has 12 heavy (non-hydrogen) atoms. The van der Waals surface area contributed by atoms with Crippen molar-refractivity contribution >= 4 is 11.6 Å². The van der Waals surface area contributed by atoms with Gasteiger partial charge >= 0.3 is 6.36 Å². The summed E-state index contributed by atoms with van der Waals surface area (Å²) in [5, 5.41) is -0.0916. The van der Waals surface area contributed by atoms with Crippen molar-refractivity contribution in [1.82, 2.24) is 0 Å². The predicted molar refractivity (Wildman–Crippen MR) is 37.0 cm³/mol. The van der Waals surface area contributed by atoms with E-state index in [4.69, 9.17) is 11.6 Å². The van der Waals surface area contributed by atoms with Crippen molar-refractivity contribution in [2.75, 3.05) is 0 Å². The van der Waals surface area contributed by atoms with Crippen LogP contribution in [-0.2, 0) is 0 Å². The highest BCUT2D eigenvalue weighted by Crippen LogP contribution is 2.28. The average Bonchev–Trinajstić information content (AvgIpc) is 1.91. The molecule has 1 radical (unpaired) electrons. The fraction of sp³-hybridized carbons (Fsp3) is 0.143. The summed E-state index contributed by atoms with van der Waals surface area (Å²) in [6.07, 6.45) is -4.71. The Morgan fingerprint density at radius 1 is 1.42 bits per heavy atom. The van der Waals surface area contributed by atoms with Crippen LogP contribution in [0.1, 0.15) is 0 Å². The molecule has 0 amide bonds. The van der Waals surface area contributed by atoms with Crippen molar-refractivity contribution in [2.24, 2.45) is 0 Å². The summed E-state index contributed by atoms with van der Waals surface area (Å²) in [5.41, 5.74) is 0. The van der Waals surface area contributed by atoms with Gasteiger partial charge in [-0.05, 0) is 18.2 Å². The first-order valence-electron chi connectivity index (χ1n) is 2.90. The third-order valence-corrected chi connectivity index (χ3v) is 1.31. The summed E-state index contributed by atoms with van der Waals surface area (Å²) in [4.78, 5) is 0. The Morgan fingerprint density at radius 2 is 2.08 bits per heavy atom. The molecule has 1 aromatic carbocycles. The molecule has 5 heteroatoms. The van der Waals surface area contributed by atoms with Gasteiger partial charge in [-0.15, -0.1) is 13.2 Å². The summed E-state index contributed by atoms with van der Waals surface area (Å²) < 4.78 is 38.4. The molecule has 0 fully saturated rings. The third-order valence-electron chi connectivity index (χ3n) is 1.00. The molecule has 0 saturated carbocycles. The van der Waals surface area contributed by atoms with Gasteiger partial charge in [0.1, 0.15) is 5.75 Å². The van der Waals surface area contributed by atoms with Gasteiger partial charge in [0.25, 0.3) is 0 Å². The Morgan fingerprint density at radius 3 is 2.58 bits per heavy atom. The second kappa shape index (κ2) is 3.23. The predicted octanol–water partition coefficient (Wildman–Crippen LogP) is 3.04. The maximum absolute atomic E-state index is 11.6. The molecule has 1 rings (SSSR count). The smallest absolute Gasteiger partial charge is 0.404 e. The Balaban J connectivity index is 2.83. The zero-order chi connectivity index (χ0) is 9.19. The summed E-state index contributed by atoms with van der Waals surface area (Å²) in [6.45, 7) is 0. The van der Waals surface area contributed by atoms with Crippen LogP contribution < -0.4 is 4.74 Å². The maximum Gasteiger partial charge on any atom is 0.573 e. The van der Waals surface area contributed by atoms with E-state index in [0.717, 1.165) is 6.07 Å². The minimum Gasteiger partial charge on any atom is -0.404 e. The average molecular weight is 196 g/mol. The minimum absolute atomic E-state index is 0.0916. The quantitative estimate of drug-likeness (QED) is 0.669. The van der Waals surface area contributed by atoms with E-state index in [9.17, 15) is 13.2 Å². The van der Waals surface area contributed by atoms with Crippen LogP contribution in [0.15, 0.2) is 18.2 Å². The van der Waals surface area contributed by atoms with Crippen LogP contribution in [0.2, 0.25) is 5.02 Å². The Kier molecular flexibility index (Phi) is 2.47. The highest BCUT2D eigenvalue weighted by Gasteiger charge is 2.31. The van der Waals surface area contributed by atoms with Crippen LogP contribution in [0, 0.1) is 6.07 Å². The van der Waals surface area contributed by atoms with Gasteiger partial charge in [-0.2, -0.15) is 0 Å². The molecule has 65 valence electrons. The molecule has 0 spiro atoms. The Labute approximate surface area is 71.7 Å². The number of halogens is 4. The molecule has 0 N–H and O–H groups in total. The van der Waals surface area contributed by atoms with Crippen LogP contribution in [0.25, 0.3) is 0 Å². The number of ether oxygens (including phenoxy) is 1. The normalized spacial score (nSPS) is 11.3. The van der Waals surface area contributed by atoms with Crippen molar-refractivity contribution in [3.8, 4) is 5.75 Å². The van der Waals surface area contributed by atoms with Crippen molar-refractivity contribution in [3.05, 3.63) is 29.3 Å². The van der Waals surface area contributed by atoms with E-state index in [0.29, 0.717) is 0 Å². The summed E-state index contributed by atoms with van der Waals surface area (Å²) >= 11 is 5.39. The number of hydrogen-bond donors (Lipinski definition) is 0. The summed E-state index contributed by atoms with van der Waals surface area (Å²) in [5.74, 6) is -0.438. The van der Waals surface area contributed by atoms with E-state index in [1.807, 2.05) is 0 Å². The van der Waals surface area contributed by atoms with Gasteiger partial charge < -0.3 is 4.74 Å². The first-order chi connectivity index (χ1) is 5.49. The van der Waals surface area contributed by atoms with Crippen LogP contribution in [0.5, 0.6) is 5.75 Å². The second-order valence-electron chi connectivity index (χ2n) is 1.90. The highest BCUT2D eigenvalue weighted by molar-refractivity contribution is 6.32. The zero-order valence-corrected chi connectivity index (χ0v) is 6.41. The SMILES string of the molecule is FC(F)(F)Oc1c[c]ccc1Cl. The number of benzene rings is 1. The van der Waals surface area contributed by atoms with Crippen LogP contribution in [-0.4, -0.2) is 6.36 Å². The zero-order valence-electron chi connectivity index (χ0n) is 5.65. The van der Waals surface area contributed by atoms with E-state index >= 15 is 0 Å². The van der Waals surface area contributed by atoms with Crippen molar-refractivity contribution in [3.63, 3.8) is 0 Å². The third kappa shape index (κ3) is 2.62. The van der Waals surface area contributed by atoms with Gasteiger partial charge in [0.2, 0.25) is 0 Å². The van der Waals surface area contributed by atoms with Crippen molar-refractivity contribution < 1.29 is 17.9 Å². The molecule has 0 aromatic heterocycles. The van der Waals surface area contributed by atoms with Gasteiger partial charge in [-0.3, -0.25) is 0 Å². The van der Waals surface area contributed by atoms with Gasteiger partial charge in [0.05, 0.1) is 5.02 Å². The molecular formula is C7H3ClF3O. The number of hydrogen-bond acceptors (Lipinski definition) is 1. The van der Waals surface area contributed by atoms with Crippen LogP contribution in [0.3, 0.4) is 0 Å². The summed E-state index contributed by atoms with van der Waals surface area (Å²) in [7, 11) is 0. The lowest BCUT2D eigenvalue weighted by Gasteiger charge is -2.08. The molecule has 0 aliphatic heterocycles. The largest absolute Gasteiger partial charge is 0.573 e.